The highest BCUT2D eigenvalue weighted by molar-refractivity contribution is 5.83. The third-order valence-corrected chi connectivity index (χ3v) is 5.58. The molecule has 0 saturated heterocycles. The van der Waals surface area contributed by atoms with Gasteiger partial charge in [0.1, 0.15) is 11.6 Å². The maximum Gasteiger partial charge on any atom is 0.303 e. The average molecular weight is 421 g/mol. The van der Waals surface area contributed by atoms with Crippen LogP contribution >= 0.6 is 0 Å². The maximum absolute atomic E-state index is 13.6. The second-order valence-corrected chi connectivity index (χ2v) is 7.78. The van der Waals surface area contributed by atoms with E-state index in [9.17, 15) is 9.18 Å². The first-order valence-corrected chi connectivity index (χ1v) is 10.7. The summed E-state index contributed by atoms with van der Waals surface area (Å²) in [6.45, 7) is 4.53. The molecule has 3 nitrogen and oxygen atoms in total. The van der Waals surface area contributed by atoms with E-state index in [4.69, 9.17) is 9.84 Å². The van der Waals surface area contributed by atoms with Gasteiger partial charge in [0.2, 0.25) is 0 Å². The van der Waals surface area contributed by atoms with Crippen LogP contribution in [0.1, 0.15) is 57.1 Å². The summed E-state index contributed by atoms with van der Waals surface area (Å²) in [4.78, 5) is 10.6. The van der Waals surface area contributed by atoms with Gasteiger partial charge in [0.15, 0.2) is 0 Å². The summed E-state index contributed by atoms with van der Waals surface area (Å²) in [6, 6.07) is 14.6. The predicted molar refractivity (Wildman–Crippen MR) is 123 cm³/mol. The summed E-state index contributed by atoms with van der Waals surface area (Å²) < 4.78 is 19.3. The highest BCUT2D eigenvalue weighted by atomic mass is 19.1. The molecule has 0 amide bonds. The zero-order valence-corrected chi connectivity index (χ0v) is 18.2. The van der Waals surface area contributed by atoms with Crippen molar-refractivity contribution >= 4 is 11.5 Å². The van der Waals surface area contributed by atoms with Crippen LogP contribution in [0.25, 0.3) is 5.57 Å². The molecule has 0 spiro atoms. The van der Waals surface area contributed by atoms with Gasteiger partial charge in [0.05, 0.1) is 6.61 Å². The fraction of sp³-hybridized carbons (Fsp3) is 0.296. The average Bonchev–Trinajstić information content (AvgIpc) is 2.78. The third kappa shape index (κ3) is 6.17. The number of rotatable bonds is 7. The smallest absolute Gasteiger partial charge is 0.303 e. The fourth-order valence-corrected chi connectivity index (χ4v) is 3.94. The molecular weight excluding hydrogens is 391 g/mol. The van der Waals surface area contributed by atoms with Gasteiger partial charge < -0.3 is 9.84 Å². The van der Waals surface area contributed by atoms with E-state index >= 15 is 0 Å². The lowest BCUT2D eigenvalue weighted by Gasteiger charge is -2.25. The molecule has 0 radical (unpaired) electrons. The van der Waals surface area contributed by atoms with E-state index in [2.05, 4.69) is 26.0 Å². The van der Waals surface area contributed by atoms with Crippen molar-refractivity contribution < 1.29 is 19.0 Å². The minimum Gasteiger partial charge on any atom is -0.494 e. The fourth-order valence-electron chi connectivity index (χ4n) is 3.94. The van der Waals surface area contributed by atoms with Gasteiger partial charge in [0, 0.05) is 6.42 Å². The summed E-state index contributed by atoms with van der Waals surface area (Å²) in [5, 5.41) is 8.74. The van der Waals surface area contributed by atoms with Gasteiger partial charge in [-0.3, -0.25) is 4.79 Å². The summed E-state index contributed by atoms with van der Waals surface area (Å²) in [7, 11) is 0. The van der Waals surface area contributed by atoms with Gasteiger partial charge in [-0.1, -0.05) is 53.1 Å². The molecule has 2 aromatic carbocycles. The molecule has 0 heterocycles. The Balaban J connectivity index is 1.94. The van der Waals surface area contributed by atoms with Crippen LogP contribution in [0.4, 0.5) is 4.39 Å². The Morgan fingerprint density at radius 2 is 1.48 bits per heavy atom. The number of carboxylic acid groups (broad SMARTS) is 1. The van der Waals surface area contributed by atoms with E-state index in [1.165, 1.54) is 28.9 Å². The number of benzene rings is 2. The van der Waals surface area contributed by atoms with Crippen molar-refractivity contribution in [1.29, 1.82) is 0 Å². The lowest BCUT2D eigenvalue weighted by molar-refractivity contribution is -0.137. The Hall–Kier alpha value is -3.14. The second kappa shape index (κ2) is 10.8. The Labute approximate surface area is 183 Å². The van der Waals surface area contributed by atoms with Crippen molar-refractivity contribution in [3.05, 3.63) is 94.3 Å². The van der Waals surface area contributed by atoms with E-state index in [0.717, 1.165) is 36.0 Å². The van der Waals surface area contributed by atoms with Crippen molar-refractivity contribution in [2.24, 2.45) is 0 Å². The lowest BCUT2D eigenvalue weighted by atomic mass is 9.80. The Morgan fingerprint density at radius 3 is 2.00 bits per heavy atom. The van der Waals surface area contributed by atoms with Crippen molar-refractivity contribution in [2.45, 2.75) is 46.0 Å². The minimum absolute atomic E-state index is 0.0967. The molecule has 0 atom stereocenters. The van der Waals surface area contributed by atoms with Gasteiger partial charge in [-0.05, 0) is 80.5 Å². The number of hydrogen-bond donors (Lipinski definition) is 1. The lowest BCUT2D eigenvalue weighted by Crippen LogP contribution is -2.05. The minimum atomic E-state index is -0.817. The number of aliphatic carboxylic acids is 1. The van der Waals surface area contributed by atoms with Crippen LogP contribution in [0.2, 0.25) is 0 Å². The van der Waals surface area contributed by atoms with Gasteiger partial charge in [-0.25, -0.2) is 4.39 Å². The molecule has 0 aliphatic heterocycles. The first kappa shape index (κ1) is 22.5. The first-order chi connectivity index (χ1) is 15.0. The van der Waals surface area contributed by atoms with E-state index < -0.39 is 5.97 Å². The summed E-state index contributed by atoms with van der Waals surface area (Å²) >= 11 is 0. The molecule has 1 aliphatic carbocycles. The van der Waals surface area contributed by atoms with Gasteiger partial charge >= 0.3 is 5.97 Å². The van der Waals surface area contributed by atoms with Crippen LogP contribution in [0, 0.1) is 5.82 Å². The molecule has 1 N–H and O–H groups in total. The number of allylic oxidation sites excluding steroid dienone is 5. The standard InChI is InChI=1S/C27H29FO3/c1-3-19-16-20(4-2)18-23(17-19)27(21-7-11-24(28)12-8-21)22-9-13-25(14-10-22)31-15-5-6-26(29)30/h3-4,7-14H,5-6,15-18H2,1-2H3,(H,29,30)/b19-3-,20-4+,27-23?. The van der Waals surface area contributed by atoms with Crippen molar-refractivity contribution in [2.75, 3.05) is 6.61 Å². The van der Waals surface area contributed by atoms with Crippen molar-refractivity contribution in [3.8, 4) is 5.75 Å². The molecule has 0 unspecified atom stereocenters. The van der Waals surface area contributed by atoms with E-state index in [0.29, 0.717) is 18.8 Å². The first-order valence-electron chi connectivity index (χ1n) is 10.7. The van der Waals surface area contributed by atoms with Gasteiger partial charge in [0.25, 0.3) is 0 Å². The van der Waals surface area contributed by atoms with Crippen LogP contribution in [0.5, 0.6) is 5.75 Å². The quantitative estimate of drug-likeness (QED) is 0.389. The number of carboxylic acids is 1. The van der Waals surface area contributed by atoms with Crippen molar-refractivity contribution in [1.82, 2.24) is 0 Å². The second-order valence-electron chi connectivity index (χ2n) is 7.78. The molecule has 1 saturated carbocycles. The van der Waals surface area contributed by atoms with Crippen molar-refractivity contribution in [3.63, 3.8) is 0 Å². The molecule has 0 aromatic heterocycles. The van der Waals surface area contributed by atoms with E-state index in [-0.39, 0.29) is 12.2 Å². The van der Waals surface area contributed by atoms with Crippen LogP contribution in [0.15, 0.2) is 77.4 Å². The number of hydrogen-bond acceptors (Lipinski definition) is 2. The van der Waals surface area contributed by atoms with E-state index in [1.54, 1.807) is 0 Å². The Morgan fingerprint density at radius 1 is 0.935 bits per heavy atom. The topological polar surface area (TPSA) is 46.5 Å². The van der Waals surface area contributed by atoms with Gasteiger partial charge in [-0.15, -0.1) is 0 Å². The normalized spacial score (nSPS) is 18.3. The van der Waals surface area contributed by atoms with Crippen LogP contribution in [-0.4, -0.2) is 17.7 Å². The molecule has 1 fully saturated rings. The maximum atomic E-state index is 13.6. The molecule has 4 heteroatoms. The number of carbonyl (C=O) groups is 1. The molecular formula is C27H29FO3. The Kier molecular flexibility index (Phi) is 7.82. The molecule has 0 bridgehead atoms. The van der Waals surface area contributed by atoms with Crippen LogP contribution in [0.3, 0.4) is 0 Å². The predicted octanol–water partition coefficient (Wildman–Crippen LogP) is 6.95. The zero-order chi connectivity index (χ0) is 22.2. The summed E-state index contributed by atoms with van der Waals surface area (Å²) in [6.07, 6.45) is 7.79. The SMILES string of the molecule is C/C=C1\CC(=C(c2ccc(F)cc2)c2ccc(OCCCC(=O)O)cc2)C/C(=C/C)C1. The largest absolute Gasteiger partial charge is 0.494 e. The van der Waals surface area contributed by atoms with Crippen LogP contribution in [-0.2, 0) is 4.79 Å². The highest BCUT2D eigenvalue weighted by Gasteiger charge is 2.19. The zero-order valence-electron chi connectivity index (χ0n) is 18.2. The number of halogens is 1. The van der Waals surface area contributed by atoms with Gasteiger partial charge in [-0.2, -0.15) is 0 Å². The summed E-state index contributed by atoms with van der Waals surface area (Å²) in [5.74, 6) is -0.349. The van der Waals surface area contributed by atoms with Crippen LogP contribution < -0.4 is 4.74 Å². The molecule has 2 aromatic rings. The molecule has 3 rings (SSSR count). The Bertz CT molecular complexity index is 974. The monoisotopic (exact) mass is 420 g/mol. The summed E-state index contributed by atoms with van der Waals surface area (Å²) in [5.41, 5.74) is 7.32. The van der Waals surface area contributed by atoms with E-state index in [1.807, 2.05) is 36.4 Å². The molecule has 162 valence electrons. The third-order valence-electron chi connectivity index (χ3n) is 5.58. The number of ether oxygens (including phenoxy) is 1. The molecule has 31 heavy (non-hydrogen) atoms. The highest BCUT2D eigenvalue weighted by Crippen LogP contribution is 2.39. The molecule has 1 aliphatic rings.